The minimum Gasteiger partial charge on any atom is -0.481 e. The van der Waals surface area contributed by atoms with E-state index < -0.39 is 54.3 Å². The number of aliphatic carboxylic acids is 1. The van der Waals surface area contributed by atoms with Crippen LogP contribution in [0.1, 0.15) is 142 Å². The highest BCUT2D eigenvalue weighted by Crippen LogP contribution is 2.45. The maximum atomic E-state index is 14.0. The van der Waals surface area contributed by atoms with E-state index in [-0.39, 0.29) is 79.8 Å². The summed E-state index contributed by atoms with van der Waals surface area (Å²) in [4.78, 5) is 71.5. The first-order valence-electron chi connectivity index (χ1n) is 25.3. The lowest BCUT2D eigenvalue weighted by atomic mass is 9.65. The second kappa shape index (κ2) is 26.5. The van der Waals surface area contributed by atoms with E-state index in [4.69, 9.17) is 9.84 Å². The predicted molar refractivity (Wildman–Crippen MR) is 267 cm³/mol. The summed E-state index contributed by atoms with van der Waals surface area (Å²) >= 11 is 1.58. The van der Waals surface area contributed by atoms with Gasteiger partial charge < -0.3 is 46.0 Å². The van der Waals surface area contributed by atoms with Crippen LogP contribution >= 0.6 is 11.3 Å². The van der Waals surface area contributed by atoms with Crippen LogP contribution in [0.2, 0.25) is 0 Å². The number of aliphatic hydroxyl groups excluding tert-OH is 3. The fourth-order valence-electron chi connectivity index (χ4n) is 10.2. The van der Waals surface area contributed by atoms with Crippen molar-refractivity contribution in [1.82, 2.24) is 25.8 Å². The Morgan fingerprint density at radius 2 is 1.61 bits per heavy atom. The number of hydrogen-bond acceptors (Lipinski definition) is 11. The average molecular weight is 978 g/mol. The molecule has 15 nitrogen and oxygen atoms in total. The number of amides is 4. The van der Waals surface area contributed by atoms with Gasteiger partial charge >= 0.3 is 12.1 Å². The fraction of sp³-hybridized carbons (Fsp3) is 0.660. The first-order valence-corrected chi connectivity index (χ1v) is 26.2. The highest BCUT2D eigenvalue weighted by Gasteiger charge is 2.45. The molecule has 0 radical (unpaired) electrons. The number of hydrogen-bond donors (Lipinski definition) is 7. The minimum atomic E-state index is -1.10. The summed E-state index contributed by atoms with van der Waals surface area (Å²) in [6.07, 6.45) is 12.3. The second-order valence-corrected chi connectivity index (χ2v) is 21.8. The van der Waals surface area contributed by atoms with Crippen LogP contribution in [0.4, 0.5) is 4.79 Å². The van der Waals surface area contributed by atoms with Crippen molar-refractivity contribution in [1.29, 1.82) is 0 Å². The number of alkyl carbamates (subject to hydrolysis) is 1. The molecule has 2 heterocycles. The summed E-state index contributed by atoms with van der Waals surface area (Å²) in [6, 6.07) is 6.20. The van der Waals surface area contributed by atoms with Crippen LogP contribution in [0.25, 0.3) is 10.4 Å². The van der Waals surface area contributed by atoms with Crippen LogP contribution in [0.3, 0.4) is 0 Å². The molecule has 0 spiro atoms. The Balaban J connectivity index is 0.953. The number of aryl methyl sites for hydroxylation is 1. The number of nitrogens with one attached hydrogen (secondary N) is 3. The summed E-state index contributed by atoms with van der Waals surface area (Å²) in [7, 11) is 0. The molecule has 2 aromatic rings. The van der Waals surface area contributed by atoms with Crippen molar-refractivity contribution in [2.75, 3.05) is 13.1 Å². The number of carbonyl (C=O) groups excluding carboxylic acids is 4. The third kappa shape index (κ3) is 17.0. The molecule has 69 heavy (non-hydrogen) atoms. The molecule has 7 N–H and O–H groups in total. The predicted octanol–water partition coefficient (Wildman–Crippen LogP) is 7.60. The zero-order chi connectivity index (χ0) is 50.3. The van der Waals surface area contributed by atoms with E-state index in [0.717, 1.165) is 72.2 Å². The topological polar surface area (TPSA) is 228 Å². The summed E-state index contributed by atoms with van der Waals surface area (Å²) in [5.41, 5.74) is 5.27. The fourth-order valence-corrected chi connectivity index (χ4v) is 11.0. The maximum Gasteiger partial charge on any atom is 0.407 e. The van der Waals surface area contributed by atoms with Gasteiger partial charge in [-0.3, -0.25) is 19.2 Å². The number of nitrogens with zero attached hydrogens (tertiary/aromatic N) is 2. The van der Waals surface area contributed by atoms with Crippen molar-refractivity contribution in [2.24, 2.45) is 29.1 Å². The largest absolute Gasteiger partial charge is 0.481 e. The number of aromatic nitrogens is 1. The summed E-state index contributed by atoms with van der Waals surface area (Å²) in [6.45, 7) is 12.7. The molecule has 1 aromatic heterocycles. The summed E-state index contributed by atoms with van der Waals surface area (Å²) < 4.78 is 6.08. The number of rotatable bonds is 25. The number of unbranched alkanes of at least 4 members (excludes halogenated alkanes) is 7. The standard InChI is InChI=1S/C53H79N5O10S/c1-33-25-38-19-16-34(2)42(23-22-39(59)27-40(60)29-46(63)64)47(38)44(26-33)68-52(67)54-24-14-12-10-8-7-9-11-13-15-45(62)57-49(53(4,5)6)51(66)58-31-41(61)28-43(58)50(65)55-30-36-17-20-37(21-18-36)48-35(3)56-32-69-48/h16-21,25,32-34,39-44,47,49,59-61H,7-15,22-24,26-31H2,1-6H3,(H,54,67)(H,55,65)(H,57,62)(H,63,64). The molecule has 16 heteroatoms. The van der Waals surface area contributed by atoms with Gasteiger partial charge in [-0.1, -0.05) is 116 Å². The number of likely N-dealkylation sites (tertiary alicyclic amines) is 1. The maximum absolute atomic E-state index is 14.0. The Bertz CT molecular complexity index is 2070. The Morgan fingerprint density at radius 3 is 2.26 bits per heavy atom. The van der Waals surface area contributed by atoms with Crippen LogP contribution in [-0.2, 0) is 30.5 Å². The lowest BCUT2D eigenvalue weighted by molar-refractivity contribution is -0.144. The Morgan fingerprint density at radius 1 is 0.928 bits per heavy atom. The number of β-amino-alcohol motifs (C(OH)–C–C–N with tert-alkyl or cyclic N) is 1. The number of allylic oxidation sites excluding steroid dienone is 3. The Hall–Kier alpha value is -4.64. The molecule has 1 fully saturated rings. The smallest absolute Gasteiger partial charge is 0.407 e. The lowest BCUT2D eigenvalue weighted by Gasteiger charge is -2.43. The molecule has 1 saturated heterocycles. The van der Waals surface area contributed by atoms with Crippen molar-refractivity contribution in [3.8, 4) is 10.4 Å². The van der Waals surface area contributed by atoms with Gasteiger partial charge in [0.05, 0.1) is 40.8 Å². The van der Waals surface area contributed by atoms with Gasteiger partial charge in [0.1, 0.15) is 18.2 Å². The van der Waals surface area contributed by atoms with Gasteiger partial charge in [0.15, 0.2) is 0 Å². The third-order valence-electron chi connectivity index (χ3n) is 14.0. The number of ether oxygens (including phenoxy) is 1. The number of carbonyl (C=O) groups is 5. The highest BCUT2D eigenvalue weighted by atomic mass is 32.1. The van der Waals surface area contributed by atoms with E-state index in [2.05, 4.69) is 53.0 Å². The molecular weight excluding hydrogens is 899 g/mol. The third-order valence-corrected chi connectivity index (χ3v) is 14.9. The molecule has 1 aromatic carbocycles. The van der Waals surface area contributed by atoms with Gasteiger partial charge in [0, 0.05) is 38.4 Å². The van der Waals surface area contributed by atoms with Gasteiger partial charge in [-0.2, -0.15) is 0 Å². The first-order chi connectivity index (χ1) is 32.8. The first kappa shape index (κ1) is 55.3. The molecule has 2 aliphatic carbocycles. The molecule has 10 atom stereocenters. The Labute approximate surface area is 413 Å². The van der Waals surface area contributed by atoms with Gasteiger partial charge in [-0.05, 0) is 85.3 Å². The van der Waals surface area contributed by atoms with Crippen LogP contribution in [0, 0.1) is 36.0 Å². The molecule has 4 amide bonds. The van der Waals surface area contributed by atoms with Gasteiger partial charge in [-0.15, -0.1) is 11.3 Å². The van der Waals surface area contributed by atoms with E-state index in [1.54, 1.807) is 11.3 Å². The van der Waals surface area contributed by atoms with Crippen molar-refractivity contribution in [3.05, 3.63) is 64.8 Å². The van der Waals surface area contributed by atoms with Crippen LogP contribution < -0.4 is 16.0 Å². The molecule has 0 saturated carbocycles. The number of benzene rings is 1. The highest BCUT2D eigenvalue weighted by molar-refractivity contribution is 7.13. The average Bonchev–Trinajstić information content (AvgIpc) is 3.90. The molecule has 0 bridgehead atoms. The van der Waals surface area contributed by atoms with Crippen molar-refractivity contribution in [3.63, 3.8) is 0 Å². The van der Waals surface area contributed by atoms with E-state index in [9.17, 15) is 39.3 Å². The van der Waals surface area contributed by atoms with Crippen molar-refractivity contribution in [2.45, 2.75) is 181 Å². The van der Waals surface area contributed by atoms with E-state index in [1.165, 1.54) is 4.90 Å². The number of carboxylic acids is 1. The van der Waals surface area contributed by atoms with Crippen LogP contribution in [0.15, 0.2) is 53.6 Å². The van der Waals surface area contributed by atoms with Crippen molar-refractivity contribution >= 4 is 41.1 Å². The van der Waals surface area contributed by atoms with Crippen LogP contribution in [-0.4, -0.2) is 110 Å². The van der Waals surface area contributed by atoms with E-state index >= 15 is 0 Å². The molecule has 3 aliphatic rings. The zero-order valence-corrected chi connectivity index (χ0v) is 42.5. The van der Waals surface area contributed by atoms with Gasteiger partial charge in [0.25, 0.3) is 0 Å². The van der Waals surface area contributed by atoms with Crippen molar-refractivity contribution < 1.29 is 49.1 Å². The zero-order valence-electron chi connectivity index (χ0n) is 41.7. The van der Waals surface area contributed by atoms with Gasteiger partial charge in [-0.25, -0.2) is 9.78 Å². The lowest BCUT2D eigenvalue weighted by Crippen LogP contribution is -2.57. The molecule has 382 valence electrons. The van der Waals surface area contributed by atoms with E-state index in [1.807, 2.05) is 57.5 Å². The summed E-state index contributed by atoms with van der Waals surface area (Å²) in [5.74, 6) is -1.47. The Kier molecular flexibility index (Phi) is 21.3. The number of thiazole rings is 1. The number of fused-ring (bicyclic) bond motifs is 1. The van der Waals surface area contributed by atoms with Crippen LogP contribution in [0.5, 0.6) is 0 Å². The van der Waals surface area contributed by atoms with E-state index in [0.29, 0.717) is 32.2 Å². The number of carboxylic acid groups (broad SMARTS) is 1. The SMILES string of the molecule is Cc1ncsc1-c1ccc(CNC(=O)C2CC(O)CN2C(=O)C(NC(=O)CCCCCCCCCCNC(=O)OC2CC(C)C=C3C=CC(C)C(CCC(O)CC(O)CC(=O)O)C32)C(C)(C)C)cc1. The number of aliphatic hydroxyl groups is 3. The monoisotopic (exact) mass is 978 g/mol. The molecule has 1 aliphatic heterocycles. The molecular formula is C53H79N5O10S. The second-order valence-electron chi connectivity index (χ2n) is 20.9. The molecule has 5 rings (SSSR count). The molecule has 10 unspecified atom stereocenters. The minimum absolute atomic E-state index is 0.00633. The quantitative estimate of drug-likeness (QED) is 0.0479. The normalized spacial score (nSPS) is 23.6. The summed E-state index contributed by atoms with van der Waals surface area (Å²) in [5, 5.41) is 49.0. The van der Waals surface area contributed by atoms with Gasteiger partial charge in [0.2, 0.25) is 17.7 Å².